The summed E-state index contributed by atoms with van der Waals surface area (Å²) < 4.78 is 54.5. The van der Waals surface area contributed by atoms with Crippen molar-refractivity contribution in [3.8, 4) is 0 Å². The molecular weight excluding hydrogens is 479 g/mol. The molecule has 0 spiro atoms. The zero-order valence-electron chi connectivity index (χ0n) is 15.3. The summed E-state index contributed by atoms with van der Waals surface area (Å²) in [6.45, 7) is -0.00269. The molecule has 0 saturated heterocycles. The van der Waals surface area contributed by atoms with Crippen LogP contribution in [-0.4, -0.2) is 57.2 Å². The molecule has 0 unspecified atom stereocenters. The summed E-state index contributed by atoms with van der Waals surface area (Å²) >= 11 is 2.25. The van der Waals surface area contributed by atoms with Crippen molar-refractivity contribution in [2.24, 2.45) is 0 Å². The molecule has 4 rings (SSSR count). The van der Waals surface area contributed by atoms with Crippen LogP contribution in [-0.2, 0) is 23.0 Å². The van der Waals surface area contributed by atoms with E-state index in [1.165, 1.54) is 12.4 Å². The van der Waals surface area contributed by atoms with Crippen molar-refractivity contribution < 1.29 is 22.0 Å². The second kappa shape index (κ2) is 7.90. The van der Waals surface area contributed by atoms with Gasteiger partial charge in [-0.15, -0.1) is 0 Å². The third kappa shape index (κ3) is 3.88. The van der Waals surface area contributed by atoms with Crippen LogP contribution in [0.4, 0.5) is 14.6 Å². The summed E-state index contributed by atoms with van der Waals surface area (Å²) in [4.78, 5) is 16.0. The van der Waals surface area contributed by atoms with Crippen LogP contribution in [0.15, 0.2) is 41.6 Å². The van der Waals surface area contributed by atoms with Crippen molar-refractivity contribution in [3.05, 3.63) is 65.1 Å². The number of nitrogens with zero attached hydrogens (tertiary/aromatic N) is 3. The van der Waals surface area contributed by atoms with Crippen molar-refractivity contribution in [2.75, 3.05) is 11.9 Å². The first-order chi connectivity index (χ1) is 14.3. The summed E-state index contributed by atoms with van der Waals surface area (Å²) in [5.74, 6) is -2.18. The van der Waals surface area contributed by atoms with Gasteiger partial charge in [0.2, 0.25) is 0 Å². The number of fused-ring (bicyclic) bond motifs is 1. The Hall–Kier alpha value is -2.62. The second-order valence-corrected chi connectivity index (χ2v) is 9.52. The quantitative estimate of drug-likeness (QED) is 0.525. The van der Waals surface area contributed by atoms with E-state index in [1.54, 1.807) is 6.07 Å². The average molecular weight is 493 g/mol. The van der Waals surface area contributed by atoms with Crippen molar-refractivity contribution in [1.82, 2.24) is 19.5 Å². The number of hydrogen-bond donors (Lipinski definition) is 2. The van der Waals surface area contributed by atoms with E-state index in [-0.39, 0.29) is 18.9 Å². The molecule has 30 heavy (non-hydrogen) atoms. The standard InChI is InChI=1S/C18H14AsF2N5O3S/c19-15-8-22-3-1-13(15)18(27)23-17-14-9-26(4-2-16(14)24-25-17)30(28,29)12-6-10(20)5-11(21)7-12/h1,3,5-8H,2,4,9H2,(H2,23,24,25,27). The number of sulfonamides is 1. The maximum atomic E-state index is 13.5. The number of hydrogen-bond acceptors (Lipinski definition) is 5. The number of amides is 1. The van der Waals surface area contributed by atoms with Crippen molar-refractivity contribution in [1.29, 1.82) is 0 Å². The van der Waals surface area contributed by atoms with E-state index in [0.717, 1.165) is 16.4 Å². The van der Waals surface area contributed by atoms with E-state index in [2.05, 4.69) is 37.4 Å². The molecule has 0 aliphatic carbocycles. The van der Waals surface area contributed by atoms with E-state index in [0.29, 0.717) is 33.7 Å². The van der Waals surface area contributed by atoms with Crippen molar-refractivity contribution >= 4 is 43.0 Å². The van der Waals surface area contributed by atoms with Gasteiger partial charge in [0, 0.05) is 6.07 Å². The Kier molecular flexibility index (Phi) is 5.44. The first-order valence-corrected chi connectivity index (χ1v) is 11.1. The molecule has 0 fully saturated rings. The van der Waals surface area contributed by atoms with Crippen molar-refractivity contribution in [3.63, 3.8) is 0 Å². The molecule has 0 bridgehead atoms. The van der Waals surface area contributed by atoms with Gasteiger partial charge in [-0.05, 0) is 0 Å². The molecule has 154 valence electrons. The molecule has 0 atom stereocenters. The molecule has 2 aromatic heterocycles. The van der Waals surface area contributed by atoms with Gasteiger partial charge in [-0.2, -0.15) is 0 Å². The summed E-state index contributed by atoms with van der Waals surface area (Å²) in [6.07, 6.45) is 3.32. The van der Waals surface area contributed by atoms with E-state index in [9.17, 15) is 22.0 Å². The average Bonchev–Trinajstić information content (AvgIpc) is 3.09. The number of carbonyl (C=O) groups excluding carboxylic acids is 1. The Bertz CT molecular complexity index is 1230. The zero-order chi connectivity index (χ0) is 21.5. The predicted molar refractivity (Wildman–Crippen MR) is 104 cm³/mol. The van der Waals surface area contributed by atoms with Crippen LogP contribution >= 0.6 is 0 Å². The predicted octanol–water partition coefficient (Wildman–Crippen LogP) is 0.876. The number of anilines is 1. The summed E-state index contributed by atoms with van der Waals surface area (Å²) in [7, 11) is -4.14. The Morgan fingerprint density at radius 3 is 2.67 bits per heavy atom. The Balaban J connectivity index is 1.60. The summed E-state index contributed by atoms with van der Waals surface area (Å²) in [6, 6.07) is 3.71. The molecule has 12 heteroatoms. The minimum atomic E-state index is -4.14. The minimum absolute atomic E-state index is 0.101. The maximum absolute atomic E-state index is 13.5. The zero-order valence-corrected chi connectivity index (χ0v) is 18.0. The number of halogens is 2. The molecule has 1 amide bonds. The normalized spacial score (nSPS) is 14.4. The molecule has 2 radical (unpaired) electrons. The topological polar surface area (TPSA) is 108 Å². The van der Waals surface area contributed by atoms with E-state index in [4.69, 9.17) is 0 Å². The fourth-order valence-electron chi connectivity index (χ4n) is 3.16. The number of carbonyl (C=O) groups is 1. The SMILES string of the molecule is O=C(Nc1n[nH]c2c1CN(S(=O)(=O)c1cc(F)cc(F)c1)CC2)c1ccncc1[As]. The van der Waals surface area contributed by atoms with Gasteiger partial charge in [0.05, 0.1) is 0 Å². The molecule has 3 heterocycles. The number of H-pyrrole nitrogens is 1. The number of nitrogens with one attached hydrogen (secondary N) is 2. The third-order valence-corrected chi connectivity index (χ3v) is 7.22. The first-order valence-electron chi connectivity index (χ1n) is 8.72. The van der Waals surface area contributed by atoms with Gasteiger partial charge >= 0.3 is 164 Å². The Morgan fingerprint density at radius 1 is 1.23 bits per heavy atom. The van der Waals surface area contributed by atoms with Crippen molar-refractivity contribution in [2.45, 2.75) is 17.9 Å². The van der Waals surface area contributed by atoms with E-state index in [1.807, 2.05) is 0 Å². The van der Waals surface area contributed by atoms with Gasteiger partial charge in [-0.25, -0.2) is 8.78 Å². The van der Waals surface area contributed by atoms with Crippen LogP contribution in [0.2, 0.25) is 0 Å². The second-order valence-electron chi connectivity index (χ2n) is 6.57. The van der Waals surface area contributed by atoms with Crippen LogP contribution in [0.1, 0.15) is 21.6 Å². The van der Waals surface area contributed by atoms with Gasteiger partial charge < -0.3 is 0 Å². The van der Waals surface area contributed by atoms with Crippen LogP contribution in [0.25, 0.3) is 0 Å². The number of benzene rings is 1. The van der Waals surface area contributed by atoms with E-state index >= 15 is 0 Å². The number of aromatic nitrogens is 3. The number of aromatic amines is 1. The molecule has 3 aromatic rings. The van der Waals surface area contributed by atoms with Gasteiger partial charge in [0.25, 0.3) is 0 Å². The monoisotopic (exact) mass is 493 g/mol. The van der Waals surface area contributed by atoms with Crippen LogP contribution in [0.3, 0.4) is 0 Å². The summed E-state index contributed by atoms with van der Waals surface area (Å²) in [5, 5.41) is 9.57. The van der Waals surface area contributed by atoms with Gasteiger partial charge in [0.1, 0.15) is 0 Å². The molecule has 8 nitrogen and oxygen atoms in total. The van der Waals surface area contributed by atoms with Crippen LogP contribution < -0.4 is 9.67 Å². The summed E-state index contributed by atoms with van der Waals surface area (Å²) in [5.41, 5.74) is 1.57. The molecule has 1 aliphatic rings. The molecule has 2 N–H and O–H groups in total. The molecule has 1 aliphatic heterocycles. The Morgan fingerprint density at radius 2 is 1.97 bits per heavy atom. The Labute approximate surface area is 179 Å². The third-order valence-electron chi connectivity index (χ3n) is 4.65. The molecule has 0 saturated carbocycles. The van der Waals surface area contributed by atoms with E-state index < -0.39 is 32.5 Å². The van der Waals surface area contributed by atoms with Gasteiger partial charge in [-0.1, -0.05) is 0 Å². The van der Waals surface area contributed by atoms with Gasteiger partial charge in [0.15, 0.2) is 0 Å². The molecule has 1 aromatic carbocycles. The number of rotatable bonds is 4. The van der Waals surface area contributed by atoms with Crippen LogP contribution in [0, 0.1) is 11.6 Å². The fourth-order valence-corrected chi connectivity index (χ4v) is 5.12. The fraction of sp³-hybridized carbons (Fsp3) is 0.167. The first kappa shape index (κ1) is 20.6. The van der Waals surface area contributed by atoms with Crippen LogP contribution in [0.5, 0.6) is 0 Å². The van der Waals surface area contributed by atoms with Gasteiger partial charge in [-0.3, -0.25) is 0 Å². The number of pyridine rings is 1. The molecular formula is C18H14AsF2N5O3S.